The molecule has 1 heterocycles. The Bertz CT molecular complexity index is 677. The van der Waals surface area contributed by atoms with Crippen LogP contribution in [0.5, 0.6) is 5.75 Å². The summed E-state index contributed by atoms with van der Waals surface area (Å²) in [6.07, 6.45) is 0.141. The molecule has 0 fully saturated rings. The lowest BCUT2D eigenvalue weighted by atomic mass is 10.2. The van der Waals surface area contributed by atoms with Crippen molar-refractivity contribution in [1.29, 1.82) is 0 Å². The first kappa shape index (κ1) is 17.8. The molecule has 0 aliphatic heterocycles. The van der Waals surface area contributed by atoms with Crippen LogP contribution in [0.25, 0.3) is 0 Å². The Balaban J connectivity index is 1.87. The molecule has 7 heteroatoms. The van der Waals surface area contributed by atoms with E-state index in [0.29, 0.717) is 18.3 Å². The number of nitrogens with zero attached hydrogens (tertiary/aromatic N) is 3. The van der Waals surface area contributed by atoms with Crippen molar-refractivity contribution in [1.82, 2.24) is 20.1 Å². The first-order valence-corrected chi connectivity index (χ1v) is 8.06. The molecule has 0 aliphatic rings. The number of carbonyl (C=O) groups is 1. The molecule has 1 aromatic carbocycles. The van der Waals surface area contributed by atoms with Crippen molar-refractivity contribution >= 4 is 12.0 Å². The van der Waals surface area contributed by atoms with Crippen molar-refractivity contribution in [3.63, 3.8) is 0 Å². The van der Waals surface area contributed by atoms with Crippen molar-refractivity contribution in [3.05, 3.63) is 35.7 Å². The predicted octanol–water partition coefficient (Wildman–Crippen LogP) is 3.05. The number of benzene rings is 1. The molecular formula is C17H25N5O2. The van der Waals surface area contributed by atoms with Crippen molar-refractivity contribution < 1.29 is 9.53 Å². The lowest BCUT2D eigenvalue weighted by Crippen LogP contribution is -2.29. The number of aromatic nitrogens is 3. The Hall–Kier alpha value is -2.57. The molecule has 1 aromatic heterocycles. The monoisotopic (exact) mass is 331 g/mol. The highest BCUT2D eigenvalue weighted by molar-refractivity contribution is 5.87. The van der Waals surface area contributed by atoms with Crippen LogP contribution in [0.4, 0.5) is 10.7 Å². The molecule has 0 spiro atoms. The molecule has 2 rings (SSSR count). The topological polar surface area (TPSA) is 81.1 Å². The second-order valence-corrected chi connectivity index (χ2v) is 6.19. The standard InChI is InChI=1S/C17H25N5O2/c1-11(2)15-19-16(22(5)21-15)20-17(23)18-10-13-6-8-14(9-7-13)24-12(3)4/h6-9,11-12H,10H2,1-5H3,(H2,18,19,20,21,23). The molecule has 7 nitrogen and oxygen atoms in total. The number of aryl methyl sites for hydroxylation is 1. The highest BCUT2D eigenvalue weighted by Gasteiger charge is 2.12. The summed E-state index contributed by atoms with van der Waals surface area (Å²) >= 11 is 0. The van der Waals surface area contributed by atoms with Crippen LogP contribution in [-0.2, 0) is 13.6 Å². The Morgan fingerprint density at radius 3 is 2.42 bits per heavy atom. The number of ether oxygens (including phenoxy) is 1. The van der Waals surface area contributed by atoms with Crippen LogP contribution in [-0.4, -0.2) is 26.9 Å². The summed E-state index contributed by atoms with van der Waals surface area (Å²) in [6, 6.07) is 7.33. The molecule has 0 unspecified atom stereocenters. The van der Waals surface area contributed by atoms with Crippen LogP contribution < -0.4 is 15.4 Å². The van der Waals surface area contributed by atoms with Gasteiger partial charge in [0.2, 0.25) is 5.95 Å². The lowest BCUT2D eigenvalue weighted by Gasteiger charge is -2.10. The Labute approximate surface area is 142 Å². The Morgan fingerprint density at radius 1 is 1.21 bits per heavy atom. The van der Waals surface area contributed by atoms with Gasteiger partial charge in [0.05, 0.1) is 6.10 Å². The van der Waals surface area contributed by atoms with Gasteiger partial charge in [-0.3, -0.25) is 5.32 Å². The van der Waals surface area contributed by atoms with Gasteiger partial charge >= 0.3 is 6.03 Å². The van der Waals surface area contributed by atoms with Crippen LogP contribution in [0.3, 0.4) is 0 Å². The van der Waals surface area contributed by atoms with Gasteiger partial charge in [-0.25, -0.2) is 9.48 Å². The van der Waals surface area contributed by atoms with Crippen LogP contribution in [0.15, 0.2) is 24.3 Å². The quantitative estimate of drug-likeness (QED) is 0.852. The van der Waals surface area contributed by atoms with Gasteiger partial charge in [0.1, 0.15) is 5.75 Å². The summed E-state index contributed by atoms with van der Waals surface area (Å²) in [4.78, 5) is 16.3. The van der Waals surface area contributed by atoms with Crippen LogP contribution in [0.2, 0.25) is 0 Å². The molecule has 2 N–H and O–H groups in total. The summed E-state index contributed by atoms with van der Waals surface area (Å²) < 4.78 is 7.15. The smallest absolute Gasteiger partial charge is 0.321 e. The molecular weight excluding hydrogens is 306 g/mol. The van der Waals surface area contributed by atoms with Gasteiger partial charge in [0, 0.05) is 19.5 Å². The van der Waals surface area contributed by atoms with Gasteiger partial charge in [-0.2, -0.15) is 10.1 Å². The predicted molar refractivity (Wildman–Crippen MR) is 93.2 cm³/mol. The van der Waals surface area contributed by atoms with Gasteiger partial charge in [-0.15, -0.1) is 0 Å². The van der Waals surface area contributed by atoms with E-state index in [1.807, 2.05) is 52.0 Å². The normalized spacial score (nSPS) is 11.0. The summed E-state index contributed by atoms with van der Waals surface area (Å²) in [5, 5.41) is 9.77. The minimum Gasteiger partial charge on any atom is -0.491 e. The fourth-order valence-electron chi connectivity index (χ4n) is 2.04. The summed E-state index contributed by atoms with van der Waals surface area (Å²) in [7, 11) is 1.75. The second-order valence-electron chi connectivity index (χ2n) is 6.19. The van der Waals surface area contributed by atoms with Crippen molar-refractivity contribution in [3.8, 4) is 5.75 Å². The number of hydrogen-bond donors (Lipinski definition) is 2. The first-order chi connectivity index (χ1) is 11.3. The maximum Gasteiger partial charge on any atom is 0.321 e. The van der Waals surface area contributed by atoms with E-state index in [0.717, 1.165) is 11.3 Å². The van der Waals surface area contributed by atoms with E-state index in [1.165, 1.54) is 0 Å². The van der Waals surface area contributed by atoms with Crippen molar-refractivity contribution in [2.24, 2.45) is 7.05 Å². The molecule has 0 radical (unpaired) electrons. The summed E-state index contributed by atoms with van der Waals surface area (Å²) in [5.74, 6) is 2.16. The maximum absolute atomic E-state index is 12.0. The van der Waals surface area contributed by atoms with Crippen LogP contribution >= 0.6 is 0 Å². The summed E-state index contributed by atoms with van der Waals surface area (Å²) in [6.45, 7) is 8.40. The third kappa shape index (κ3) is 4.97. The Morgan fingerprint density at radius 2 is 1.88 bits per heavy atom. The first-order valence-electron chi connectivity index (χ1n) is 8.06. The zero-order valence-electron chi connectivity index (χ0n) is 14.8. The van der Waals surface area contributed by atoms with Crippen molar-refractivity contribution in [2.45, 2.75) is 46.3 Å². The van der Waals surface area contributed by atoms with E-state index in [1.54, 1.807) is 11.7 Å². The molecule has 0 bridgehead atoms. The maximum atomic E-state index is 12.0. The van der Waals surface area contributed by atoms with Gasteiger partial charge in [0.25, 0.3) is 0 Å². The fraction of sp³-hybridized carbons (Fsp3) is 0.471. The third-order valence-electron chi connectivity index (χ3n) is 3.27. The summed E-state index contributed by atoms with van der Waals surface area (Å²) in [5.41, 5.74) is 0.988. The van der Waals surface area contributed by atoms with E-state index >= 15 is 0 Å². The van der Waals surface area contributed by atoms with Crippen LogP contribution in [0, 0.1) is 0 Å². The van der Waals surface area contributed by atoms with E-state index < -0.39 is 0 Å². The number of nitrogens with one attached hydrogen (secondary N) is 2. The molecule has 24 heavy (non-hydrogen) atoms. The third-order valence-corrected chi connectivity index (χ3v) is 3.27. The molecule has 0 saturated carbocycles. The molecule has 2 aromatic rings. The van der Waals surface area contributed by atoms with E-state index in [9.17, 15) is 4.79 Å². The largest absolute Gasteiger partial charge is 0.491 e. The zero-order chi connectivity index (χ0) is 17.7. The number of urea groups is 1. The minimum atomic E-state index is -0.316. The minimum absolute atomic E-state index is 0.141. The van der Waals surface area contributed by atoms with Gasteiger partial charge in [-0.05, 0) is 31.5 Å². The molecule has 0 saturated heterocycles. The van der Waals surface area contributed by atoms with Gasteiger partial charge in [-0.1, -0.05) is 26.0 Å². The number of hydrogen-bond acceptors (Lipinski definition) is 4. The Kier molecular flexibility index (Phi) is 5.78. The molecule has 130 valence electrons. The number of anilines is 1. The average molecular weight is 331 g/mol. The van der Waals surface area contributed by atoms with E-state index in [2.05, 4.69) is 20.7 Å². The molecule has 2 amide bonds. The van der Waals surface area contributed by atoms with Gasteiger partial charge in [0.15, 0.2) is 5.82 Å². The number of rotatable bonds is 6. The lowest BCUT2D eigenvalue weighted by molar-refractivity contribution is 0.242. The van der Waals surface area contributed by atoms with Gasteiger partial charge < -0.3 is 10.1 Å². The zero-order valence-corrected chi connectivity index (χ0v) is 14.8. The van der Waals surface area contributed by atoms with Crippen molar-refractivity contribution in [2.75, 3.05) is 5.32 Å². The average Bonchev–Trinajstić information content (AvgIpc) is 2.87. The SMILES string of the molecule is CC(C)Oc1ccc(CNC(=O)Nc2nc(C(C)C)nn2C)cc1. The number of carbonyl (C=O) groups excluding carboxylic acids is 1. The second kappa shape index (κ2) is 7.81. The van der Waals surface area contributed by atoms with E-state index in [-0.39, 0.29) is 18.1 Å². The number of amides is 2. The highest BCUT2D eigenvalue weighted by Crippen LogP contribution is 2.14. The molecule has 0 aliphatic carbocycles. The highest BCUT2D eigenvalue weighted by atomic mass is 16.5. The van der Waals surface area contributed by atoms with E-state index in [4.69, 9.17) is 4.74 Å². The van der Waals surface area contributed by atoms with Crippen LogP contribution in [0.1, 0.15) is 45.0 Å². The fourth-order valence-corrected chi connectivity index (χ4v) is 2.04. The molecule has 0 atom stereocenters.